The fourth-order valence-electron chi connectivity index (χ4n) is 3.90. The molecule has 0 saturated heterocycles. The first-order chi connectivity index (χ1) is 16.3. The van der Waals surface area contributed by atoms with Gasteiger partial charge in [0, 0.05) is 46.9 Å². The Hall–Kier alpha value is -4.71. The van der Waals surface area contributed by atoms with E-state index >= 15 is 0 Å². The van der Waals surface area contributed by atoms with Crippen molar-refractivity contribution >= 4 is 10.9 Å². The lowest BCUT2D eigenvalue weighted by Crippen LogP contribution is -2.03. The third-order valence-electron chi connectivity index (χ3n) is 5.43. The number of para-hydroxylation sites is 1. The summed E-state index contributed by atoms with van der Waals surface area (Å²) in [5, 5.41) is 5.30. The van der Waals surface area contributed by atoms with E-state index < -0.39 is 0 Å². The molecular formula is C27H18N6. The lowest BCUT2D eigenvalue weighted by molar-refractivity contribution is 0.817. The second-order valence-electron chi connectivity index (χ2n) is 7.57. The van der Waals surface area contributed by atoms with Crippen molar-refractivity contribution in [2.24, 2.45) is 0 Å². The number of rotatable bonds is 4. The van der Waals surface area contributed by atoms with Crippen LogP contribution in [0.4, 0.5) is 0 Å². The highest BCUT2D eigenvalue weighted by molar-refractivity contribution is 5.94. The standard InChI is InChI=1S/C27H18N6/c1-2-11-25-22(8-1)26(32-27(31-25)33-15-7-14-30-33)21-17-19(23-9-3-5-12-28-23)16-20(18-21)24-10-4-6-13-29-24/h1-18H. The highest BCUT2D eigenvalue weighted by Crippen LogP contribution is 2.34. The molecule has 6 heteroatoms. The number of aromatic nitrogens is 6. The van der Waals surface area contributed by atoms with Crippen LogP contribution in [0.3, 0.4) is 0 Å². The molecule has 0 atom stereocenters. The van der Waals surface area contributed by atoms with Gasteiger partial charge in [-0.05, 0) is 54.6 Å². The van der Waals surface area contributed by atoms with E-state index in [4.69, 9.17) is 9.97 Å². The average molecular weight is 426 g/mol. The zero-order valence-corrected chi connectivity index (χ0v) is 17.6. The number of pyridine rings is 2. The summed E-state index contributed by atoms with van der Waals surface area (Å²) >= 11 is 0. The zero-order valence-electron chi connectivity index (χ0n) is 17.6. The van der Waals surface area contributed by atoms with Gasteiger partial charge in [0.2, 0.25) is 0 Å². The third-order valence-corrected chi connectivity index (χ3v) is 5.43. The van der Waals surface area contributed by atoms with Gasteiger partial charge in [0.25, 0.3) is 5.95 Å². The third kappa shape index (κ3) is 3.64. The van der Waals surface area contributed by atoms with E-state index in [2.05, 4.69) is 33.3 Å². The molecule has 33 heavy (non-hydrogen) atoms. The molecule has 2 aromatic carbocycles. The number of benzene rings is 2. The molecule has 0 aliphatic carbocycles. The van der Waals surface area contributed by atoms with Crippen LogP contribution in [0.1, 0.15) is 0 Å². The van der Waals surface area contributed by atoms with E-state index in [-0.39, 0.29) is 0 Å². The molecule has 0 amide bonds. The summed E-state index contributed by atoms with van der Waals surface area (Å²) in [6.45, 7) is 0. The smallest absolute Gasteiger partial charge is 0.251 e. The van der Waals surface area contributed by atoms with Crippen LogP contribution in [0, 0.1) is 0 Å². The number of fused-ring (bicyclic) bond motifs is 1. The Labute approximate surface area is 190 Å². The molecular weight excluding hydrogens is 408 g/mol. The molecule has 0 spiro atoms. The molecule has 0 fully saturated rings. The van der Waals surface area contributed by atoms with Crippen molar-refractivity contribution in [3.8, 4) is 39.7 Å². The Morgan fingerprint density at radius 2 is 1.24 bits per heavy atom. The minimum Gasteiger partial charge on any atom is -0.256 e. The minimum absolute atomic E-state index is 0.524. The Balaban J connectivity index is 1.63. The molecule has 0 saturated carbocycles. The predicted molar refractivity (Wildman–Crippen MR) is 129 cm³/mol. The van der Waals surface area contributed by atoms with Gasteiger partial charge < -0.3 is 0 Å². The summed E-state index contributed by atoms with van der Waals surface area (Å²) in [5.41, 5.74) is 6.43. The first-order valence-electron chi connectivity index (χ1n) is 10.6. The molecule has 6 nitrogen and oxygen atoms in total. The van der Waals surface area contributed by atoms with Gasteiger partial charge in [0.15, 0.2) is 0 Å². The Morgan fingerprint density at radius 1 is 0.576 bits per heavy atom. The molecule has 0 bridgehead atoms. The zero-order chi connectivity index (χ0) is 22.0. The molecule has 0 aliphatic rings. The van der Waals surface area contributed by atoms with Crippen LogP contribution in [0.15, 0.2) is 110 Å². The second kappa shape index (κ2) is 8.09. The lowest BCUT2D eigenvalue weighted by atomic mass is 9.97. The topological polar surface area (TPSA) is 69.4 Å². The second-order valence-corrected chi connectivity index (χ2v) is 7.57. The highest BCUT2D eigenvalue weighted by atomic mass is 15.3. The van der Waals surface area contributed by atoms with Crippen LogP contribution in [0.2, 0.25) is 0 Å². The van der Waals surface area contributed by atoms with Gasteiger partial charge in [-0.25, -0.2) is 14.6 Å². The number of hydrogen-bond acceptors (Lipinski definition) is 5. The predicted octanol–water partition coefficient (Wildman–Crippen LogP) is 5.61. The largest absolute Gasteiger partial charge is 0.256 e. The average Bonchev–Trinajstić information content (AvgIpc) is 3.44. The molecule has 0 unspecified atom stereocenters. The van der Waals surface area contributed by atoms with E-state index in [9.17, 15) is 0 Å². The fraction of sp³-hybridized carbons (Fsp3) is 0. The lowest BCUT2D eigenvalue weighted by Gasteiger charge is -2.12. The minimum atomic E-state index is 0.524. The fourth-order valence-corrected chi connectivity index (χ4v) is 3.90. The SMILES string of the molecule is c1ccc(-c2cc(-c3ccccn3)cc(-c3nc(-n4cccn4)nc4ccccc34)c2)nc1. The number of nitrogens with zero attached hydrogens (tertiary/aromatic N) is 6. The van der Waals surface area contributed by atoms with Crippen LogP contribution in [0.25, 0.3) is 50.6 Å². The Morgan fingerprint density at radius 3 is 1.88 bits per heavy atom. The Kier molecular flexibility index (Phi) is 4.66. The van der Waals surface area contributed by atoms with Crippen LogP contribution in [0.5, 0.6) is 0 Å². The maximum absolute atomic E-state index is 4.93. The van der Waals surface area contributed by atoms with E-state index in [0.29, 0.717) is 5.95 Å². The number of hydrogen-bond donors (Lipinski definition) is 0. The van der Waals surface area contributed by atoms with Crippen molar-refractivity contribution in [1.82, 2.24) is 29.7 Å². The van der Waals surface area contributed by atoms with Crippen LogP contribution >= 0.6 is 0 Å². The van der Waals surface area contributed by atoms with Crippen molar-refractivity contribution in [2.75, 3.05) is 0 Å². The van der Waals surface area contributed by atoms with Gasteiger partial charge in [0.1, 0.15) is 0 Å². The van der Waals surface area contributed by atoms with Crippen molar-refractivity contribution < 1.29 is 0 Å². The van der Waals surface area contributed by atoms with Gasteiger partial charge in [-0.15, -0.1) is 0 Å². The van der Waals surface area contributed by atoms with Gasteiger partial charge in [-0.3, -0.25) is 9.97 Å². The van der Waals surface area contributed by atoms with Gasteiger partial charge in [0.05, 0.1) is 22.6 Å². The maximum Gasteiger partial charge on any atom is 0.251 e. The van der Waals surface area contributed by atoms with Crippen molar-refractivity contribution in [3.05, 3.63) is 110 Å². The quantitative estimate of drug-likeness (QED) is 0.367. The summed E-state index contributed by atoms with van der Waals surface area (Å²) in [6, 6.07) is 28.1. The Bertz CT molecular complexity index is 1490. The molecule has 6 aromatic rings. The molecule has 0 N–H and O–H groups in total. The summed E-state index contributed by atoms with van der Waals surface area (Å²) < 4.78 is 1.68. The van der Waals surface area contributed by atoms with E-state index in [1.165, 1.54) is 0 Å². The first kappa shape index (κ1) is 19.0. The van der Waals surface area contributed by atoms with E-state index in [1.807, 2.05) is 72.9 Å². The van der Waals surface area contributed by atoms with Gasteiger partial charge in [-0.1, -0.05) is 30.3 Å². The first-order valence-corrected chi connectivity index (χ1v) is 10.6. The molecule has 0 aliphatic heterocycles. The molecule has 4 heterocycles. The van der Waals surface area contributed by atoms with E-state index in [0.717, 1.165) is 44.7 Å². The van der Waals surface area contributed by atoms with Crippen LogP contribution in [-0.4, -0.2) is 29.7 Å². The normalized spacial score (nSPS) is 11.0. The van der Waals surface area contributed by atoms with Crippen LogP contribution < -0.4 is 0 Å². The monoisotopic (exact) mass is 426 g/mol. The van der Waals surface area contributed by atoms with Gasteiger partial charge >= 0.3 is 0 Å². The summed E-state index contributed by atoms with van der Waals surface area (Å²) in [5.74, 6) is 0.524. The van der Waals surface area contributed by atoms with Gasteiger partial charge in [-0.2, -0.15) is 5.10 Å². The van der Waals surface area contributed by atoms with Crippen molar-refractivity contribution in [1.29, 1.82) is 0 Å². The molecule has 156 valence electrons. The van der Waals surface area contributed by atoms with E-state index in [1.54, 1.807) is 23.3 Å². The maximum atomic E-state index is 4.93. The summed E-state index contributed by atoms with van der Waals surface area (Å²) in [7, 11) is 0. The van der Waals surface area contributed by atoms with Crippen LogP contribution in [-0.2, 0) is 0 Å². The molecule has 4 aromatic heterocycles. The molecule has 6 rings (SSSR count). The van der Waals surface area contributed by atoms with Crippen molar-refractivity contribution in [2.45, 2.75) is 0 Å². The van der Waals surface area contributed by atoms with Crippen molar-refractivity contribution in [3.63, 3.8) is 0 Å². The highest BCUT2D eigenvalue weighted by Gasteiger charge is 2.14. The summed E-state index contributed by atoms with van der Waals surface area (Å²) in [4.78, 5) is 18.8. The molecule has 0 radical (unpaired) electrons. The summed E-state index contributed by atoms with van der Waals surface area (Å²) in [6.07, 6.45) is 7.17.